The number of nitrogens with zero attached hydrogens (tertiary/aromatic N) is 2. The maximum atomic E-state index is 14.2. The third-order valence-electron chi connectivity index (χ3n) is 17.0. The highest BCUT2D eigenvalue weighted by Gasteiger charge is 2.70. The van der Waals surface area contributed by atoms with Crippen LogP contribution in [0.25, 0.3) is 0 Å². The van der Waals surface area contributed by atoms with Gasteiger partial charge in [0, 0.05) is 35.4 Å². The Bertz CT molecular complexity index is 1750. The second-order valence-corrected chi connectivity index (χ2v) is 22.3. The number of carboxylic acid groups (broad SMARTS) is 1. The van der Waals surface area contributed by atoms with Crippen molar-refractivity contribution >= 4 is 29.3 Å². The van der Waals surface area contributed by atoms with E-state index in [1.807, 2.05) is 6.07 Å². The standard InChI is InChI=1S/C48H73ClN2O5/c1-30(2)40-35(52)26-48(23-24-51(12)29-31-13-14-33(49)25-32(31)28-50(10)11)22-21-46(8)34(41(40)48)15-16-37-45(7)19-18-38(56-39(53)27-43(3,4)42(54)55)44(5,6)36(45)17-20-47(37,46)9/h13-14,25,30,34,36-38H,15-24,26-29H2,1-12H3,(H,54,55)/t34-,36+,37-,38+,45+,46-,47-,48-/m1/s1. The normalized spacial score (nSPS) is 35.3. The summed E-state index contributed by atoms with van der Waals surface area (Å²) in [4.78, 5) is 43.8. The molecule has 1 N–H and O–H groups in total. The van der Waals surface area contributed by atoms with Crippen LogP contribution in [0.5, 0.6) is 0 Å². The number of hydrogen-bond donors (Lipinski definition) is 1. The van der Waals surface area contributed by atoms with Crippen LogP contribution in [0, 0.1) is 56.2 Å². The number of carboxylic acids is 1. The molecule has 56 heavy (non-hydrogen) atoms. The van der Waals surface area contributed by atoms with E-state index in [-0.39, 0.29) is 45.5 Å². The van der Waals surface area contributed by atoms with Crippen molar-refractivity contribution in [3.05, 3.63) is 45.5 Å². The van der Waals surface area contributed by atoms with Crippen LogP contribution in [0.4, 0.5) is 0 Å². The van der Waals surface area contributed by atoms with Crippen LogP contribution in [0.1, 0.15) is 144 Å². The summed E-state index contributed by atoms with van der Waals surface area (Å²) in [5, 5.41) is 10.4. The van der Waals surface area contributed by atoms with Gasteiger partial charge in [0.05, 0.1) is 11.8 Å². The van der Waals surface area contributed by atoms with Crippen LogP contribution < -0.4 is 0 Å². The quantitative estimate of drug-likeness (QED) is 0.211. The second kappa shape index (κ2) is 15.1. The van der Waals surface area contributed by atoms with Crippen LogP contribution in [0.3, 0.4) is 0 Å². The number of allylic oxidation sites excluding steroid dienone is 2. The van der Waals surface area contributed by atoms with Gasteiger partial charge in [-0.15, -0.1) is 0 Å². The van der Waals surface area contributed by atoms with Gasteiger partial charge in [-0.05, 0) is 168 Å². The van der Waals surface area contributed by atoms with E-state index in [9.17, 15) is 19.5 Å². The van der Waals surface area contributed by atoms with E-state index in [0.29, 0.717) is 30.0 Å². The third-order valence-corrected chi connectivity index (χ3v) is 17.3. The molecular formula is C48H73ClN2O5. The van der Waals surface area contributed by atoms with Gasteiger partial charge < -0.3 is 19.6 Å². The largest absolute Gasteiger partial charge is 0.481 e. The van der Waals surface area contributed by atoms with E-state index in [1.165, 1.54) is 17.5 Å². The SMILES string of the molecule is CC(C)C1=C2[C@H]3CC[C@@H]4[C@@]5(C)CC[C@H](OC(=O)CC(C)(C)C(=O)O)C(C)(C)[C@@H]5CC[C@@]4(C)[C@]3(C)CC[C@@]2(CCN(C)Cc2ccc(Cl)cc2CN(C)C)CC1=O. The van der Waals surface area contributed by atoms with Gasteiger partial charge in [0.15, 0.2) is 5.78 Å². The van der Waals surface area contributed by atoms with Gasteiger partial charge in [-0.3, -0.25) is 14.4 Å². The molecule has 0 spiro atoms. The minimum absolute atomic E-state index is 0.0645. The summed E-state index contributed by atoms with van der Waals surface area (Å²) in [5.41, 5.74) is 4.20. The number of aliphatic carboxylic acids is 1. The molecule has 0 bridgehead atoms. The van der Waals surface area contributed by atoms with Crippen molar-refractivity contribution in [2.45, 2.75) is 152 Å². The van der Waals surface area contributed by atoms with Gasteiger partial charge >= 0.3 is 11.9 Å². The summed E-state index contributed by atoms with van der Waals surface area (Å²) in [6, 6.07) is 6.30. The predicted octanol–water partition coefficient (Wildman–Crippen LogP) is 10.6. The molecule has 6 rings (SSSR count). The minimum Gasteiger partial charge on any atom is -0.481 e. The van der Waals surface area contributed by atoms with Gasteiger partial charge in [-0.1, -0.05) is 71.7 Å². The Kier molecular flexibility index (Phi) is 11.7. The lowest BCUT2D eigenvalue weighted by Gasteiger charge is -2.72. The van der Waals surface area contributed by atoms with E-state index in [4.69, 9.17) is 16.3 Å². The van der Waals surface area contributed by atoms with Crippen molar-refractivity contribution in [3.8, 4) is 0 Å². The first-order chi connectivity index (χ1) is 25.9. The summed E-state index contributed by atoms with van der Waals surface area (Å²) in [5.74, 6) is 0.614. The third kappa shape index (κ3) is 7.24. The van der Waals surface area contributed by atoms with Crippen LogP contribution in [-0.2, 0) is 32.2 Å². The van der Waals surface area contributed by atoms with Crippen molar-refractivity contribution in [1.29, 1.82) is 0 Å². The van der Waals surface area contributed by atoms with Gasteiger partial charge in [0.2, 0.25) is 0 Å². The van der Waals surface area contributed by atoms with E-state index < -0.39 is 17.4 Å². The van der Waals surface area contributed by atoms with Gasteiger partial charge in [-0.25, -0.2) is 0 Å². The zero-order valence-electron chi connectivity index (χ0n) is 36.9. The highest BCUT2D eigenvalue weighted by Crippen LogP contribution is 2.77. The minimum atomic E-state index is -1.15. The fourth-order valence-corrected chi connectivity index (χ4v) is 14.1. The second-order valence-electron chi connectivity index (χ2n) is 21.8. The van der Waals surface area contributed by atoms with E-state index in [0.717, 1.165) is 81.6 Å². The number of carbonyl (C=O) groups excluding carboxylic acids is 2. The summed E-state index contributed by atoms with van der Waals surface area (Å²) in [6.07, 6.45) is 9.95. The average Bonchev–Trinajstić information content (AvgIpc) is 3.38. The summed E-state index contributed by atoms with van der Waals surface area (Å²) >= 11 is 6.43. The molecular weight excluding hydrogens is 720 g/mol. The molecule has 1 aromatic rings. The smallest absolute Gasteiger partial charge is 0.309 e. The number of ether oxygens (including phenoxy) is 1. The summed E-state index contributed by atoms with van der Waals surface area (Å²) in [6.45, 7) is 22.8. The molecule has 8 heteroatoms. The highest BCUT2D eigenvalue weighted by molar-refractivity contribution is 6.30. The number of rotatable bonds is 12. The van der Waals surface area contributed by atoms with E-state index >= 15 is 0 Å². The Hall–Kier alpha value is -2.22. The van der Waals surface area contributed by atoms with Crippen LogP contribution in [0.2, 0.25) is 5.02 Å². The lowest BCUT2D eigenvalue weighted by atomic mass is 9.33. The molecule has 1 aromatic carbocycles. The Balaban J connectivity index is 1.24. The monoisotopic (exact) mass is 793 g/mol. The number of halogens is 1. The van der Waals surface area contributed by atoms with Crippen molar-refractivity contribution < 1.29 is 24.2 Å². The first kappa shape index (κ1) is 43.4. The molecule has 0 amide bonds. The topological polar surface area (TPSA) is 87.2 Å². The van der Waals surface area contributed by atoms with Gasteiger partial charge in [-0.2, -0.15) is 0 Å². The molecule has 0 aliphatic heterocycles. The Morgan fingerprint density at radius 3 is 2.25 bits per heavy atom. The zero-order valence-corrected chi connectivity index (χ0v) is 37.6. The van der Waals surface area contributed by atoms with Gasteiger partial charge in [0.1, 0.15) is 6.10 Å². The molecule has 4 saturated carbocycles. The molecule has 0 aromatic heterocycles. The molecule has 4 fully saturated rings. The molecule has 8 atom stereocenters. The fourth-order valence-electron chi connectivity index (χ4n) is 13.9. The molecule has 5 aliphatic rings. The Labute approximate surface area is 343 Å². The van der Waals surface area contributed by atoms with Crippen LogP contribution in [-0.4, -0.2) is 66.4 Å². The molecule has 5 aliphatic carbocycles. The molecule has 312 valence electrons. The fraction of sp³-hybridized carbons (Fsp3) is 0.771. The Morgan fingerprint density at radius 2 is 1.61 bits per heavy atom. The highest BCUT2D eigenvalue weighted by atomic mass is 35.5. The van der Waals surface area contributed by atoms with Crippen molar-refractivity contribution in [2.75, 3.05) is 27.7 Å². The summed E-state index contributed by atoms with van der Waals surface area (Å²) < 4.78 is 6.20. The average molecular weight is 794 g/mol. The lowest BCUT2D eigenvalue weighted by Crippen LogP contribution is -2.65. The predicted molar refractivity (Wildman–Crippen MR) is 225 cm³/mol. The molecule has 7 nitrogen and oxygen atoms in total. The number of fused-ring (bicyclic) bond motifs is 7. The maximum absolute atomic E-state index is 14.2. The lowest BCUT2D eigenvalue weighted by molar-refractivity contribution is -0.233. The van der Waals surface area contributed by atoms with Crippen molar-refractivity contribution in [1.82, 2.24) is 9.80 Å². The van der Waals surface area contributed by atoms with Crippen LogP contribution >= 0.6 is 11.6 Å². The summed E-state index contributed by atoms with van der Waals surface area (Å²) in [7, 11) is 6.43. The molecule has 0 unspecified atom stereocenters. The maximum Gasteiger partial charge on any atom is 0.309 e. The first-order valence-electron chi connectivity index (χ1n) is 21.7. The molecule has 0 heterocycles. The number of hydrogen-bond acceptors (Lipinski definition) is 6. The molecule has 0 saturated heterocycles. The molecule has 0 radical (unpaired) electrons. The van der Waals surface area contributed by atoms with Crippen molar-refractivity contribution in [3.63, 3.8) is 0 Å². The number of ketones is 1. The number of benzene rings is 1. The zero-order chi connectivity index (χ0) is 41.4. The van der Waals surface area contributed by atoms with Crippen LogP contribution in [0.15, 0.2) is 29.3 Å². The Morgan fingerprint density at radius 1 is 0.911 bits per heavy atom. The van der Waals surface area contributed by atoms with Crippen molar-refractivity contribution in [2.24, 2.45) is 56.2 Å². The first-order valence-corrected chi connectivity index (χ1v) is 22.1. The number of esters is 1. The number of carbonyl (C=O) groups is 3. The van der Waals surface area contributed by atoms with Gasteiger partial charge in [0.25, 0.3) is 0 Å². The number of Topliss-reactive ketones (excluding diaryl/α,β-unsaturated/α-hetero) is 1. The van der Waals surface area contributed by atoms with E-state index in [1.54, 1.807) is 19.4 Å². The van der Waals surface area contributed by atoms with E-state index in [2.05, 4.69) is 91.5 Å².